The van der Waals surface area contributed by atoms with E-state index in [1.54, 1.807) is 0 Å². The Hall–Kier alpha value is -2.00. The molecule has 2 unspecified atom stereocenters. The molecule has 0 aliphatic heterocycles. The Balaban J connectivity index is 1.86. The molecule has 0 fully saturated rings. The maximum atomic E-state index is 2.52. The molecule has 0 spiro atoms. The highest BCUT2D eigenvalue weighted by atomic mass is 31.2. The molecule has 0 N–H and O–H groups in total. The van der Waals surface area contributed by atoms with Gasteiger partial charge in [0.1, 0.15) is 0 Å². The summed E-state index contributed by atoms with van der Waals surface area (Å²) >= 11 is 0. The minimum atomic E-state index is -0.511. The van der Waals surface area contributed by atoms with Crippen molar-refractivity contribution in [3.05, 3.63) is 115 Å². The average Bonchev–Trinajstić information content (AvgIpc) is 2.77. The maximum Gasteiger partial charge on any atom is 0.0176 e. The van der Waals surface area contributed by atoms with Crippen molar-refractivity contribution in [1.82, 2.24) is 0 Å². The summed E-state index contributed by atoms with van der Waals surface area (Å²) in [4.78, 5) is 0.148. The number of rotatable bonds is 6. The highest BCUT2D eigenvalue weighted by molar-refractivity contribution is 7.88. The molecule has 4 rings (SSSR count). The van der Waals surface area contributed by atoms with Gasteiger partial charge in [0, 0.05) is 10.6 Å². The van der Waals surface area contributed by atoms with Gasteiger partial charge in [-0.3, -0.25) is 0 Å². The molecular weight excluding hydrogens is 386 g/mol. The lowest BCUT2D eigenvalue weighted by molar-refractivity contribution is 0.948. The molecule has 29 heavy (non-hydrogen) atoms. The van der Waals surface area contributed by atoms with Gasteiger partial charge in [0.15, 0.2) is 0 Å². The zero-order valence-corrected chi connectivity index (χ0v) is 18.9. The molecule has 0 saturated heterocycles. The molecule has 146 valence electrons. The van der Waals surface area contributed by atoms with Gasteiger partial charge in [0.2, 0.25) is 0 Å². The molecule has 1 aliphatic carbocycles. The lowest BCUT2D eigenvalue weighted by Gasteiger charge is -2.45. The van der Waals surface area contributed by atoms with Crippen LogP contribution in [0.5, 0.6) is 0 Å². The van der Waals surface area contributed by atoms with E-state index in [1.807, 2.05) is 0 Å². The first-order chi connectivity index (χ1) is 14.2. The van der Waals surface area contributed by atoms with E-state index in [4.69, 9.17) is 0 Å². The summed E-state index contributed by atoms with van der Waals surface area (Å²) in [5.74, 6) is 0. The minimum Gasteiger partial charge on any atom is -0.0836 e. The lowest BCUT2D eigenvalue weighted by atomic mass is 10.2. The molecular formula is C27H28P2. The first-order valence-electron chi connectivity index (χ1n) is 10.3. The zero-order valence-electron chi connectivity index (χ0n) is 17.1. The topological polar surface area (TPSA) is 0 Å². The molecule has 2 atom stereocenters. The van der Waals surface area contributed by atoms with E-state index in [1.165, 1.54) is 15.9 Å². The molecule has 3 aromatic rings. The monoisotopic (exact) mass is 414 g/mol. The van der Waals surface area contributed by atoms with Gasteiger partial charge < -0.3 is 0 Å². The van der Waals surface area contributed by atoms with Crippen LogP contribution in [0.15, 0.2) is 115 Å². The fourth-order valence-electron chi connectivity index (χ4n) is 4.30. The van der Waals surface area contributed by atoms with Crippen molar-refractivity contribution >= 4 is 31.8 Å². The highest BCUT2D eigenvalue weighted by Gasteiger charge is 2.42. The number of hydrogen-bond donors (Lipinski definition) is 0. The van der Waals surface area contributed by atoms with Crippen molar-refractivity contribution in [2.45, 2.75) is 30.8 Å². The first kappa shape index (κ1) is 20.3. The Bertz CT molecular complexity index is 920. The SMILES string of the molecule is CC(C)(P(c1ccccc1)c1ccccc1)P(c1ccccc1)C1C=CC=CC1. The molecule has 0 radical (unpaired) electrons. The lowest BCUT2D eigenvalue weighted by Crippen LogP contribution is -2.34. The van der Waals surface area contributed by atoms with Crippen LogP contribution in [-0.2, 0) is 0 Å². The van der Waals surface area contributed by atoms with E-state index in [-0.39, 0.29) is 4.90 Å². The van der Waals surface area contributed by atoms with Crippen molar-refractivity contribution in [2.24, 2.45) is 0 Å². The molecule has 0 heterocycles. The van der Waals surface area contributed by atoms with E-state index >= 15 is 0 Å². The summed E-state index contributed by atoms with van der Waals surface area (Å²) in [7, 11) is -0.924. The molecule has 1 aliphatic rings. The maximum absolute atomic E-state index is 2.52. The molecule has 0 amide bonds. The van der Waals surface area contributed by atoms with E-state index < -0.39 is 15.8 Å². The second-order valence-electron chi connectivity index (χ2n) is 7.82. The van der Waals surface area contributed by atoms with Crippen LogP contribution in [0.3, 0.4) is 0 Å². The zero-order chi connectivity index (χ0) is 20.1. The van der Waals surface area contributed by atoms with Gasteiger partial charge in [-0.05, 0) is 30.3 Å². The Morgan fingerprint density at radius 1 is 0.655 bits per heavy atom. The van der Waals surface area contributed by atoms with E-state index in [0.29, 0.717) is 5.66 Å². The van der Waals surface area contributed by atoms with Gasteiger partial charge in [-0.1, -0.05) is 137 Å². The number of hydrogen-bond acceptors (Lipinski definition) is 0. The van der Waals surface area contributed by atoms with Crippen LogP contribution in [0.4, 0.5) is 0 Å². The smallest absolute Gasteiger partial charge is 0.0176 e. The van der Waals surface area contributed by atoms with Crippen LogP contribution in [0.1, 0.15) is 20.3 Å². The number of allylic oxidation sites excluding steroid dienone is 4. The van der Waals surface area contributed by atoms with Crippen LogP contribution >= 0.6 is 15.8 Å². The molecule has 0 nitrogen and oxygen atoms in total. The number of benzene rings is 3. The fraction of sp³-hybridized carbons (Fsp3) is 0.185. The van der Waals surface area contributed by atoms with Crippen molar-refractivity contribution in [1.29, 1.82) is 0 Å². The van der Waals surface area contributed by atoms with E-state index in [0.717, 1.165) is 6.42 Å². The van der Waals surface area contributed by atoms with Gasteiger partial charge in [-0.25, -0.2) is 0 Å². The van der Waals surface area contributed by atoms with Crippen molar-refractivity contribution < 1.29 is 0 Å². The van der Waals surface area contributed by atoms with Crippen molar-refractivity contribution in [3.8, 4) is 0 Å². The third-order valence-corrected chi connectivity index (χ3v) is 12.5. The minimum absolute atomic E-state index is 0.148. The fourth-order valence-corrected chi connectivity index (χ4v) is 12.1. The molecule has 0 bridgehead atoms. The van der Waals surface area contributed by atoms with Gasteiger partial charge in [-0.2, -0.15) is 0 Å². The van der Waals surface area contributed by atoms with Gasteiger partial charge in [0.25, 0.3) is 0 Å². The highest BCUT2D eigenvalue weighted by Crippen LogP contribution is 2.68. The third-order valence-electron chi connectivity index (χ3n) is 5.49. The third kappa shape index (κ3) is 4.45. The molecule has 0 aromatic heterocycles. The summed E-state index contributed by atoms with van der Waals surface area (Å²) in [6.07, 6.45) is 10.4. The summed E-state index contributed by atoms with van der Waals surface area (Å²) in [6.45, 7) is 5.03. The molecule has 2 heteroatoms. The van der Waals surface area contributed by atoms with Crippen LogP contribution in [0.2, 0.25) is 0 Å². The summed E-state index contributed by atoms with van der Waals surface area (Å²) in [5, 5.41) is 4.45. The van der Waals surface area contributed by atoms with Crippen LogP contribution in [0.25, 0.3) is 0 Å². The Morgan fingerprint density at radius 2 is 1.14 bits per heavy atom. The van der Waals surface area contributed by atoms with Crippen LogP contribution in [0, 0.1) is 0 Å². The van der Waals surface area contributed by atoms with Crippen molar-refractivity contribution in [3.63, 3.8) is 0 Å². The summed E-state index contributed by atoms with van der Waals surface area (Å²) in [6, 6.07) is 33.6. The summed E-state index contributed by atoms with van der Waals surface area (Å²) < 4.78 is 0. The first-order valence-corrected chi connectivity index (χ1v) is 13.0. The Labute approximate surface area is 177 Å². The Morgan fingerprint density at radius 3 is 1.59 bits per heavy atom. The van der Waals surface area contributed by atoms with Crippen LogP contribution in [-0.4, -0.2) is 10.6 Å². The predicted molar refractivity (Wildman–Crippen MR) is 133 cm³/mol. The predicted octanol–water partition coefficient (Wildman–Crippen LogP) is 6.55. The standard InChI is InChI=1S/C27H28P2/c1-27(2,28(23-15-7-3-8-16-23)24-17-9-4-10-18-24)29(25-19-11-5-12-20-25)26-21-13-6-14-22-26/h3-21,26H,22H2,1-2H3. The molecule has 0 saturated carbocycles. The van der Waals surface area contributed by atoms with Gasteiger partial charge >= 0.3 is 0 Å². The van der Waals surface area contributed by atoms with E-state index in [9.17, 15) is 0 Å². The summed E-state index contributed by atoms with van der Waals surface area (Å²) in [5.41, 5.74) is 0.574. The molecule has 3 aromatic carbocycles. The van der Waals surface area contributed by atoms with E-state index in [2.05, 4.69) is 129 Å². The van der Waals surface area contributed by atoms with Crippen LogP contribution < -0.4 is 15.9 Å². The largest absolute Gasteiger partial charge is 0.0836 e. The second-order valence-corrected chi connectivity index (χ2v) is 14.0. The normalized spacial score (nSPS) is 17.4. The second kappa shape index (κ2) is 9.21. The Kier molecular flexibility index (Phi) is 6.44. The quantitative estimate of drug-likeness (QED) is 0.401. The average molecular weight is 414 g/mol. The van der Waals surface area contributed by atoms with Crippen molar-refractivity contribution in [2.75, 3.05) is 0 Å². The van der Waals surface area contributed by atoms with Gasteiger partial charge in [-0.15, -0.1) is 0 Å². The van der Waals surface area contributed by atoms with Gasteiger partial charge in [0.05, 0.1) is 0 Å².